The molecule has 0 spiro atoms. The van der Waals surface area contributed by atoms with Crippen molar-refractivity contribution in [2.24, 2.45) is 5.92 Å². The summed E-state index contributed by atoms with van der Waals surface area (Å²) in [7, 11) is -6.73. The van der Waals surface area contributed by atoms with Crippen LogP contribution >= 0.6 is 0 Å². The molecule has 71 heavy (non-hydrogen) atoms. The van der Waals surface area contributed by atoms with Gasteiger partial charge in [-0.1, -0.05) is 48.5 Å². The van der Waals surface area contributed by atoms with Crippen LogP contribution in [0.2, 0.25) is 24.2 Å². The van der Waals surface area contributed by atoms with Crippen molar-refractivity contribution in [3.05, 3.63) is 24.3 Å². The van der Waals surface area contributed by atoms with Gasteiger partial charge >= 0.3 is 107 Å². The highest BCUT2D eigenvalue weighted by atomic mass is 28.3. The summed E-state index contributed by atoms with van der Waals surface area (Å²) >= 11 is 0. The Morgan fingerprint density at radius 3 is 0.606 bits per heavy atom. The highest BCUT2D eigenvalue weighted by Gasteiger charge is 2.93. The van der Waals surface area contributed by atoms with E-state index in [1.165, 1.54) is 0 Å². The molecule has 0 nitrogen and oxygen atoms in total. The zero-order valence-corrected chi connectivity index (χ0v) is 33.8. The lowest BCUT2D eigenvalue weighted by Crippen LogP contribution is -2.70. The fourth-order valence-corrected chi connectivity index (χ4v) is 11.0. The fraction of sp³-hybridized carbons (Fsp3) is 0.871. The maximum absolute atomic E-state index is 15.0. The monoisotopic (exact) mass is 1160 g/mol. The smallest absolute Gasteiger partial charge is 0.200 e. The van der Waals surface area contributed by atoms with E-state index >= 15 is 0 Å². The summed E-state index contributed by atoms with van der Waals surface area (Å²) in [6.07, 6.45) is -34.9. The van der Waals surface area contributed by atoms with Crippen LogP contribution in [0.15, 0.2) is 24.3 Å². The largest absolute Gasteiger partial charge is 0.460 e. The molecule has 0 N–H and O–H groups in total. The maximum atomic E-state index is 15.0. The first-order valence-corrected chi connectivity index (χ1v) is 20.5. The summed E-state index contributed by atoms with van der Waals surface area (Å²) in [6, 6.07) is -11.7. The predicted molar refractivity (Wildman–Crippen MR) is 158 cm³/mol. The Bertz CT molecular complexity index is 1690. The number of hydrogen-bond donors (Lipinski definition) is 0. The zero-order valence-electron chi connectivity index (χ0n) is 32.8. The molecule has 0 heterocycles. The molecule has 1 aliphatic rings. The zero-order chi connectivity index (χ0) is 57.6. The van der Waals surface area contributed by atoms with Crippen molar-refractivity contribution in [1.29, 1.82) is 0 Å². The molecule has 0 saturated heterocycles. The molecule has 0 aromatic rings. The average Bonchev–Trinajstić information content (AvgIpc) is 3.69. The van der Waals surface area contributed by atoms with E-state index in [0.29, 0.717) is 12.2 Å². The van der Waals surface area contributed by atoms with Crippen LogP contribution in [0.5, 0.6) is 0 Å². The topological polar surface area (TPSA) is 0 Å². The first-order chi connectivity index (χ1) is 30.4. The van der Waals surface area contributed by atoms with Gasteiger partial charge in [-0.2, -0.15) is 171 Å². The summed E-state index contributed by atoms with van der Waals surface area (Å²) in [4.78, 5) is 0. The number of alkyl halides is 39. The molecule has 0 aromatic carbocycles. The lowest BCUT2D eigenvalue weighted by atomic mass is 9.93. The minimum atomic E-state index is -8.85. The fourth-order valence-electron chi connectivity index (χ4n) is 6.04. The third kappa shape index (κ3) is 10.3. The van der Waals surface area contributed by atoms with E-state index in [1.807, 2.05) is 0 Å². The Morgan fingerprint density at radius 2 is 0.423 bits per heavy atom. The molecular formula is C31H21F39Si. The molecule has 1 aliphatic carbocycles. The summed E-state index contributed by atoms with van der Waals surface area (Å²) in [5.41, 5.74) is 0. The van der Waals surface area contributed by atoms with E-state index in [4.69, 9.17) is 0 Å². The highest BCUT2D eigenvalue weighted by Crippen LogP contribution is 2.65. The summed E-state index contributed by atoms with van der Waals surface area (Å²) in [6.45, 7) is 0. The van der Waals surface area contributed by atoms with Gasteiger partial charge in [-0.25, -0.2) is 0 Å². The van der Waals surface area contributed by atoms with Crippen molar-refractivity contribution < 1.29 is 171 Å². The Balaban J connectivity index is 4.32. The summed E-state index contributed by atoms with van der Waals surface area (Å²) in [5.74, 6) is -129. The standard InChI is InChI=1S/C31H21F39Si/c32-14(33,17(38,39)20(44,45)23(50,51)26(56,57)29(62,63)64)6-10-71(9-5-13-3-1-2-4-13,11-7-15(34,35)18(40,41)21(46,47)24(52,53)27(58,59)30(65,66)67)12-8-16(36,37)19(42,43)22(48,49)25(54,55)28(60,61)31(68,69)70/h1-4,13H,5-12H2. The van der Waals surface area contributed by atoms with E-state index < -0.39 is 171 Å². The molecule has 422 valence electrons. The molecule has 0 saturated carbocycles. The second-order valence-electron chi connectivity index (χ2n) is 15.5. The summed E-state index contributed by atoms with van der Waals surface area (Å²) < 4.78 is 538. The van der Waals surface area contributed by atoms with Crippen LogP contribution in [0.25, 0.3) is 0 Å². The molecule has 1 rings (SSSR count). The number of allylic oxidation sites excluding steroid dienone is 4. The average molecular weight is 1160 g/mol. The molecule has 0 radical (unpaired) electrons. The van der Waals surface area contributed by atoms with Crippen molar-refractivity contribution in [1.82, 2.24) is 0 Å². The van der Waals surface area contributed by atoms with Crippen molar-refractivity contribution >= 4 is 8.07 Å². The Labute approximate surface area is 367 Å². The second-order valence-corrected chi connectivity index (χ2v) is 20.5. The van der Waals surface area contributed by atoms with E-state index in [2.05, 4.69) is 0 Å². The summed E-state index contributed by atoms with van der Waals surface area (Å²) in [5, 5.41) is 0. The van der Waals surface area contributed by atoms with Gasteiger partial charge < -0.3 is 0 Å². The van der Waals surface area contributed by atoms with Gasteiger partial charge in [-0.15, -0.1) is 0 Å². The molecule has 0 fully saturated rings. The van der Waals surface area contributed by atoms with Crippen LogP contribution < -0.4 is 0 Å². The SMILES string of the molecule is FC(F)(F)C(F)(F)C(F)(F)C(F)(F)C(F)(F)C(F)(F)CC[Si](CCC1C=CC=C1)(CCC(F)(F)C(F)(F)C(F)(F)C(F)(F)C(F)(F)C(F)(F)F)CCC(F)(F)C(F)(F)C(F)(F)C(F)(F)C(F)(F)C(F)(F)F. The van der Waals surface area contributed by atoms with Gasteiger partial charge in [0.15, 0.2) is 0 Å². The molecule has 40 heteroatoms. The highest BCUT2D eigenvalue weighted by molar-refractivity contribution is 6.79. The third-order valence-corrected chi connectivity index (χ3v) is 16.0. The van der Waals surface area contributed by atoms with E-state index in [9.17, 15) is 171 Å². The van der Waals surface area contributed by atoms with Gasteiger partial charge in [0.2, 0.25) is 0 Å². The van der Waals surface area contributed by atoms with Crippen LogP contribution in [0.4, 0.5) is 171 Å². The lowest BCUT2D eigenvalue weighted by Gasteiger charge is -2.43. The van der Waals surface area contributed by atoms with Crippen LogP contribution in [0, 0.1) is 5.92 Å². The number of halogens is 39. The van der Waals surface area contributed by atoms with Gasteiger partial charge in [0, 0.05) is 19.3 Å². The predicted octanol–water partition coefficient (Wildman–Crippen LogP) is 17.0. The third-order valence-electron chi connectivity index (χ3n) is 10.7. The molecule has 0 bridgehead atoms. The van der Waals surface area contributed by atoms with Gasteiger partial charge in [-0.05, 0) is 12.3 Å². The van der Waals surface area contributed by atoms with Gasteiger partial charge in [-0.3, -0.25) is 0 Å². The van der Waals surface area contributed by atoms with Gasteiger partial charge in [0.1, 0.15) is 0 Å². The molecular weight excluding hydrogens is 1140 g/mol. The second kappa shape index (κ2) is 18.4. The van der Waals surface area contributed by atoms with Gasteiger partial charge in [0.25, 0.3) is 0 Å². The quantitative estimate of drug-likeness (QED) is 0.0667. The normalized spacial score (nSPS) is 17.5. The molecule has 0 atom stereocenters. The van der Waals surface area contributed by atoms with Crippen LogP contribution in [0.1, 0.15) is 25.7 Å². The van der Waals surface area contributed by atoms with Crippen LogP contribution in [-0.2, 0) is 0 Å². The van der Waals surface area contributed by atoms with Crippen molar-refractivity contribution in [3.63, 3.8) is 0 Å². The Kier molecular flexibility index (Phi) is 17.1. The Hall–Kier alpha value is -3.03. The first kappa shape index (κ1) is 66.0. The van der Waals surface area contributed by atoms with Gasteiger partial charge in [0.05, 0.1) is 8.07 Å². The van der Waals surface area contributed by atoms with Crippen LogP contribution in [-0.4, -0.2) is 115 Å². The number of hydrogen-bond acceptors (Lipinski definition) is 0. The van der Waals surface area contributed by atoms with Crippen molar-refractivity contribution in [2.75, 3.05) is 0 Å². The number of rotatable bonds is 24. The maximum Gasteiger partial charge on any atom is 0.460 e. The van der Waals surface area contributed by atoms with E-state index in [0.717, 1.165) is 12.2 Å². The molecule has 0 unspecified atom stereocenters. The Morgan fingerprint density at radius 1 is 0.239 bits per heavy atom. The van der Waals surface area contributed by atoms with E-state index in [-0.39, 0.29) is 0 Å². The van der Waals surface area contributed by atoms with Crippen molar-refractivity contribution in [2.45, 2.75) is 157 Å². The van der Waals surface area contributed by atoms with Crippen molar-refractivity contribution in [3.8, 4) is 0 Å². The molecule has 0 aromatic heterocycles. The minimum absolute atomic E-state index is 0.670. The van der Waals surface area contributed by atoms with E-state index in [1.54, 1.807) is 0 Å². The molecule has 0 amide bonds. The minimum Gasteiger partial charge on any atom is -0.200 e. The van der Waals surface area contributed by atoms with Crippen LogP contribution in [0.3, 0.4) is 0 Å². The molecule has 0 aliphatic heterocycles. The lowest BCUT2D eigenvalue weighted by molar-refractivity contribution is -0.440. The first-order valence-electron chi connectivity index (χ1n) is 17.7.